The molecular formula is C19H30N4O5Si. The molecule has 0 bridgehead atoms. The molecule has 0 saturated carbocycles. The molecule has 10 heteroatoms. The average Bonchev–Trinajstić information content (AvgIpc) is 3.24. The van der Waals surface area contributed by atoms with E-state index in [0.717, 1.165) is 12.4 Å². The van der Waals surface area contributed by atoms with Crippen LogP contribution in [0.5, 0.6) is 0 Å². The number of nitrogens with zero attached hydrogens (tertiary/aromatic N) is 3. The summed E-state index contributed by atoms with van der Waals surface area (Å²) in [4.78, 5) is 33.5. The van der Waals surface area contributed by atoms with Crippen molar-refractivity contribution in [3.8, 4) is 0 Å². The van der Waals surface area contributed by atoms with Crippen molar-refractivity contribution in [1.82, 2.24) is 15.5 Å². The number of alkyl carbamates (subject to hydrolysis) is 1. The molecule has 1 unspecified atom stereocenters. The van der Waals surface area contributed by atoms with Gasteiger partial charge >= 0.3 is 12.1 Å². The van der Waals surface area contributed by atoms with E-state index >= 15 is 0 Å². The minimum Gasteiger partial charge on any atom is -0.458 e. The molecule has 1 aliphatic heterocycles. The van der Waals surface area contributed by atoms with E-state index in [9.17, 15) is 9.59 Å². The Morgan fingerprint density at radius 3 is 2.55 bits per heavy atom. The number of hydrogen-bond donors (Lipinski definition) is 1. The first kappa shape index (κ1) is 22.8. The SMILES string of the molecule is CC(C)(C)OC(=O)C1(C[C@H](NC(=O)OCC[Si](C)(C)C)c2ncon2)C=CC=N1. The third-order valence-corrected chi connectivity index (χ3v) is 5.80. The van der Waals surface area contributed by atoms with E-state index in [2.05, 4.69) is 40.1 Å². The summed E-state index contributed by atoms with van der Waals surface area (Å²) in [6.45, 7) is 12.3. The van der Waals surface area contributed by atoms with Gasteiger partial charge in [0.15, 0.2) is 11.4 Å². The molecule has 9 nitrogen and oxygen atoms in total. The Balaban J connectivity index is 2.13. The molecule has 2 heterocycles. The van der Waals surface area contributed by atoms with Gasteiger partial charge in [0.05, 0.1) is 12.6 Å². The van der Waals surface area contributed by atoms with Crippen molar-refractivity contribution in [2.24, 2.45) is 4.99 Å². The number of ether oxygens (including phenoxy) is 2. The highest BCUT2D eigenvalue weighted by Gasteiger charge is 2.44. The molecule has 1 aliphatic rings. The molecule has 1 aromatic heterocycles. The zero-order chi connectivity index (χ0) is 21.7. The average molecular weight is 423 g/mol. The van der Waals surface area contributed by atoms with Crippen molar-refractivity contribution in [3.63, 3.8) is 0 Å². The van der Waals surface area contributed by atoms with Crippen LogP contribution in [0.4, 0.5) is 4.79 Å². The topological polar surface area (TPSA) is 116 Å². The first-order valence-corrected chi connectivity index (χ1v) is 13.3. The maximum Gasteiger partial charge on any atom is 0.407 e. The number of hydrogen-bond acceptors (Lipinski definition) is 8. The van der Waals surface area contributed by atoms with Gasteiger partial charge in [-0.1, -0.05) is 24.8 Å². The molecule has 0 radical (unpaired) electrons. The Morgan fingerprint density at radius 2 is 2.03 bits per heavy atom. The highest BCUT2D eigenvalue weighted by molar-refractivity contribution is 6.76. The second-order valence-corrected chi connectivity index (χ2v) is 14.8. The summed E-state index contributed by atoms with van der Waals surface area (Å²) in [5.74, 6) is -0.289. The summed E-state index contributed by atoms with van der Waals surface area (Å²) in [7, 11) is -1.33. The molecule has 160 valence electrons. The Morgan fingerprint density at radius 1 is 1.31 bits per heavy atom. The number of esters is 1. The van der Waals surface area contributed by atoms with E-state index < -0.39 is 37.3 Å². The van der Waals surface area contributed by atoms with Crippen molar-refractivity contribution < 1.29 is 23.6 Å². The second kappa shape index (κ2) is 8.89. The monoisotopic (exact) mass is 422 g/mol. The lowest BCUT2D eigenvalue weighted by Crippen LogP contribution is -2.44. The number of allylic oxidation sites excluding steroid dienone is 1. The zero-order valence-corrected chi connectivity index (χ0v) is 18.9. The molecule has 2 atom stereocenters. The van der Waals surface area contributed by atoms with Gasteiger partial charge in [-0.05, 0) is 39.0 Å². The third-order valence-electron chi connectivity index (χ3n) is 4.10. The van der Waals surface area contributed by atoms with Crippen LogP contribution in [0.25, 0.3) is 0 Å². The first-order chi connectivity index (χ1) is 13.4. The molecular weight excluding hydrogens is 392 g/mol. The van der Waals surface area contributed by atoms with Gasteiger partial charge in [-0.15, -0.1) is 0 Å². The lowest BCUT2D eigenvalue weighted by molar-refractivity contribution is -0.159. The third kappa shape index (κ3) is 7.12. The van der Waals surface area contributed by atoms with Gasteiger partial charge in [-0.2, -0.15) is 4.98 Å². The van der Waals surface area contributed by atoms with Crippen molar-refractivity contribution in [3.05, 3.63) is 24.4 Å². The van der Waals surface area contributed by atoms with E-state index in [4.69, 9.17) is 14.0 Å². The lowest BCUT2D eigenvalue weighted by atomic mass is 9.91. The number of amides is 1. The molecule has 0 saturated heterocycles. The van der Waals surface area contributed by atoms with Crippen molar-refractivity contribution in [2.75, 3.05) is 6.61 Å². The molecule has 1 aromatic rings. The summed E-state index contributed by atoms with van der Waals surface area (Å²) >= 11 is 0. The Labute approximate surface area is 172 Å². The molecule has 29 heavy (non-hydrogen) atoms. The van der Waals surface area contributed by atoms with Crippen LogP contribution in [0.3, 0.4) is 0 Å². The number of aromatic nitrogens is 2. The number of aliphatic imine (C=N–C) groups is 1. The fraction of sp³-hybridized carbons (Fsp3) is 0.632. The second-order valence-electron chi connectivity index (χ2n) is 9.20. The normalized spacial score (nSPS) is 19.8. The first-order valence-electron chi connectivity index (χ1n) is 9.56. The summed E-state index contributed by atoms with van der Waals surface area (Å²) in [5.41, 5.74) is -1.97. The minimum atomic E-state index is -1.33. The van der Waals surface area contributed by atoms with Gasteiger partial charge in [0, 0.05) is 20.7 Å². The number of carbonyl (C=O) groups is 2. The molecule has 0 spiro atoms. The maximum atomic E-state index is 12.9. The largest absolute Gasteiger partial charge is 0.458 e. The van der Waals surface area contributed by atoms with Gasteiger partial charge in [0.2, 0.25) is 6.39 Å². The number of nitrogens with one attached hydrogen (secondary N) is 1. The van der Waals surface area contributed by atoms with E-state index in [1.54, 1.807) is 32.9 Å². The summed E-state index contributed by atoms with van der Waals surface area (Å²) in [5, 5.41) is 6.55. The fourth-order valence-corrected chi connectivity index (χ4v) is 3.31. The van der Waals surface area contributed by atoms with Gasteiger partial charge < -0.3 is 19.3 Å². The van der Waals surface area contributed by atoms with Crippen LogP contribution in [0.1, 0.15) is 39.1 Å². The molecule has 0 aromatic carbocycles. The minimum absolute atomic E-state index is 0.0670. The van der Waals surface area contributed by atoms with Crippen LogP contribution in [-0.4, -0.2) is 54.2 Å². The smallest absolute Gasteiger partial charge is 0.407 e. The van der Waals surface area contributed by atoms with Crippen molar-refractivity contribution in [2.45, 2.75) is 70.1 Å². The molecule has 1 amide bonds. The Bertz CT molecular complexity index is 751. The van der Waals surface area contributed by atoms with E-state index in [1.807, 2.05) is 0 Å². The van der Waals surface area contributed by atoms with Crippen LogP contribution >= 0.6 is 0 Å². The van der Waals surface area contributed by atoms with Crippen LogP contribution in [0.15, 0.2) is 28.1 Å². The molecule has 2 rings (SSSR count). The highest BCUT2D eigenvalue weighted by atomic mass is 28.3. The van der Waals surface area contributed by atoms with Crippen molar-refractivity contribution in [1.29, 1.82) is 0 Å². The summed E-state index contributed by atoms with van der Waals surface area (Å²) in [6.07, 6.45) is 5.47. The predicted octanol–water partition coefficient (Wildman–Crippen LogP) is 3.29. The Kier molecular flexibility index (Phi) is 6.99. The van der Waals surface area contributed by atoms with Crippen LogP contribution in [0, 0.1) is 0 Å². The van der Waals surface area contributed by atoms with Gasteiger partial charge in [-0.25, -0.2) is 9.59 Å². The van der Waals surface area contributed by atoms with Crippen LogP contribution < -0.4 is 5.32 Å². The number of rotatable bonds is 8. The number of carbonyl (C=O) groups excluding carboxylic acids is 2. The highest BCUT2D eigenvalue weighted by Crippen LogP contribution is 2.32. The summed E-state index contributed by atoms with van der Waals surface area (Å²) in [6, 6.07) is 0.0999. The van der Waals surface area contributed by atoms with Gasteiger partial charge in [-0.3, -0.25) is 4.99 Å². The molecule has 0 aliphatic carbocycles. The standard InChI is InChI=1S/C19H30N4O5Si/c1-18(2,3)28-16(24)19(8-7-9-21-19)12-14(15-20-13-27-23-15)22-17(25)26-10-11-29(4,5)6/h7-9,13-14H,10-12H2,1-6H3,(H,22,25)/t14-,19?/m0/s1. The predicted molar refractivity (Wildman–Crippen MR) is 111 cm³/mol. The van der Waals surface area contributed by atoms with Crippen molar-refractivity contribution >= 4 is 26.4 Å². The quantitative estimate of drug-likeness (QED) is 0.505. The zero-order valence-electron chi connectivity index (χ0n) is 17.9. The van der Waals surface area contributed by atoms with Crippen LogP contribution in [0.2, 0.25) is 25.7 Å². The fourth-order valence-electron chi connectivity index (χ4n) is 2.60. The van der Waals surface area contributed by atoms with E-state index in [-0.39, 0.29) is 12.2 Å². The maximum absolute atomic E-state index is 12.9. The Hall–Kier alpha value is -2.49. The van der Waals surface area contributed by atoms with E-state index in [0.29, 0.717) is 6.61 Å². The lowest BCUT2D eigenvalue weighted by Gasteiger charge is -2.30. The van der Waals surface area contributed by atoms with E-state index in [1.165, 1.54) is 6.21 Å². The molecule has 1 N–H and O–H groups in total. The van der Waals surface area contributed by atoms with Gasteiger partial charge in [0.25, 0.3) is 0 Å². The van der Waals surface area contributed by atoms with Gasteiger partial charge in [0.1, 0.15) is 5.60 Å². The summed E-state index contributed by atoms with van der Waals surface area (Å²) < 4.78 is 15.7. The molecule has 0 fully saturated rings. The van der Waals surface area contributed by atoms with Crippen LogP contribution in [-0.2, 0) is 14.3 Å².